The van der Waals surface area contributed by atoms with E-state index in [0.717, 1.165) is 11.5 Å². The Bertz CT molecular complexity index is 614. The Morgan fingerprint density at radius 1 is 1.20 bits per heavy atom. The first-order valence-electron chi connectivity index (χ1n) is 6.55. The Morgan fingerprint density at radius 2 is 1.95 bits per heavy atom. The van der Waals surface area contributed by atoms with Gasteiger partial charge in [-0.25, -0.2) is 4.79 Å². The Hall–Kier alpha value is -1.74. The summed E-state index contributed by atoms with van der Waals surface area (Å²) in [6.07, 6.45) is 0. The van der Waals surface area contributed by atoms with Gasteiger partial charge in [-0.2, -0.15) is 11.8 Å². The molecule has 0 radical (unpaired) electrons. The van der Waals surface area contributed by atoms with E-state index in [4.69, 9.17) is 4.74 Å². The first kappa shape index (κ1) is 14.7. The molecule has 0 aliphatic carbocycles. The third-order valence-corrected chi connectivity index (χ3v) is 3.92. The standard InChI is InChI=1S/C17H18O2S/c1-13(2)17(18)19-10-11-20-12-15-8-5-7-14-6-3-4-9-16(14)15/h3-9H,1,10-12H2,2H3. The predicted molar refractivity (Wildman–Crippen MR) is 85.9 cm³/mol. The van der Waals surface area contributed by atoms with Crippen LogP contribution in [-0.2, 0) is 15.3 Å². The maximum Gasteiger partial charge on any atom is 0.333 e. The van der Waals surface area contributed by atoms with E-state index in [1.54, 1.807) is 18.7 Å². The van der Waals surface area contributed by atoms with Gasteiger partial charge in [0, 0.05) is 17.1 Å². The molecule has 2 nitrogen and oxygen atoms in total. The summed E-state index contributed by atoms with van der Waals surface area (Å²) in [6, 6.07) is 14.7. The van der Waals surface area contributed by atoms with Gasteiger partial charge in [0.25, 0.3) is 0 Å². The van der Waals surface area contributed by atoms with E-state index in [1.807, 2.05) is 0 Å². The topological polar surface area (TPSA) is 26.3 Å². The molecule has 0 bridgehead atoms. The quantitative estimate of drug-likeness (QED) is 0.452. The van der Waals surface area contributed by atoms with E-state index in [0.29, 0.717) is 12.2 Å². The number of hydrogen-bond acceptors (Lipinski definition) is 3. The lowest BCUT2D eigenvalue weighted by Crippen LogP contribution is -2.07. The molecule has 2 aromatic carbocycles. The summed E-state index contributed by atoms with van der Waals surface area (Å²) >= 11 is 1.77. The van der Waals surface area contributed by atoms with Crippen LogP contribution in [0, 0.1) is 0 Å². The van der Waals surface area contributed by atoms with Crippen LogP contribution in [0.4, 0.5) is 0 Å². The molecule has 0 N–H and O–H groups in total. The number of rotatable bonds is 6. The minimum atomic E-state index is -0.309. The summed E-state index contributed by atoms with van der Waals surface area (Å²) in [5.74, 6) is 1.41. The third-order valence-electron chi connectivity index (χ3n) is 2.95. The van der Waals surface area contributed by atoms with Crippen LogP contribution in [-0.4, -0.2) is 18.3 Å². The molecule has 0 atom stereocenters. The van der Waals surface area contributed by atoms with E-state index in [-0.39, 0.29) is 5.97 Å². The van der Waals surface area contributed by atoms with Gasteiger partial charge in [-0.05, 0) is 23.3 Å². The summed E-state index contributed by atoms with van der Waals surface area (Å²) in [5, 5.41) is 2.56. The van der Waals surface area contributed by atoms with Crippen LogP contribution in [0.5, 0.6) is 0 Å². The Balaban J connectivity index is 1.84. The molecular weight excluding hydrogens is 268 g/mol. The minimum Gasteiger partial charge on any atom is -0.461 e. The van der Waals surface area contributed by atoms with Crippen LogP contribution in [0.25, 0.3) is 10.8 Å². The Labute approximate surface area is 123 Å². The highest BCUT2D eigenvalue weighted by molar-refractivity contribution is 7.98. The molecule has 20 heavy (non-hydrogen) atoms. The monoisotopic (exact) mass is 286 g/mol. The normalized spacial score (nSPS) is 10.4. The zero-order valence-electron chi connectivity index (χ0n) is 11.6. The largest absolute Gasteiger partial charge is 0.461 e. The van der Waals surface area contributed by atoms with Gasteiger partial charge < -0.3 is 4.74 Å². The molecule has 0 saturated heterocycles. The number of ether oxygens (including phenoxy) is 1. The molecule has 0 saturated carbocycles. The van der Waals surface area contributed by atoms with Gasteiger partial charge in [0.15, 0.2) is 0 Å². The van der Waals surface area contributed by atoms with Crippen molar-refractivity contribution in [2.24, 2.45) is 0 Å². The maximum absolute atomic E-state index is 11.2. The molecule has 2 aromatic rings. The Morgan fingerprint density at radius 3 is 2.75 bits per heavy atom. The lowest BCUT2D eigenvalue weighted by Gasteiger charge is -2.07. The van der Waals surface area contributed by atoms with Crippen molar-refractivity contribution >= 4 is 28.5 Å². The molecule has 0 heterocycles. The molecule has 0 aliphatic heterocycles. The van der Waals surface area contributed by atoms with Gasteiger partial charge in [-0.3, -0.25) is 0 Å². The number of benzene rings is 2. The van der Waals surface area contributed by atoms with Crippen LogP contribution in [0.1, 0.15) is 12.5 Å². The van der Waals surface area contributed by atoms with Gasteiger partial charge in [0.05, 0.1) is 0 Å². The molecule has 0 amide bonds. The zero-order valence-corrected chi connectivity index (χ0v) is 12.4. The van der Waals surface area contributed by atoms with Gasteiger partial charge in [-0.15, -0.1) is 0 Å². The van der Waals surface area contributed by atoms with Crippen LogP contribution in [0.15, 0.2) is 54.6 Å². The molecular formula is C17H18O2S. The van der Waals surface area contributed by atoms with Crippen molar-refractivity contribution in [3.05, 3.63) is 60.2 Å². The molecule has 104 valence electrons. The van der Waals surface area contributed by atoms with Crippen LogP contribution < -0.4 is 0 Å². The smallest absolute Gasteiger partial charge is 0.333 e. The molecule has 0 spiro atoms. The number of esters is 1. The van der Waals surface area contributed by atoms with Gasteiger partial charge >= 0.3 is 5.97 Å². The SMILES string of the molecule is C=C(C)C(=O)OCCSCc1cccc2ccccc12. The molecule has 2 rings (SSSR count). The first-order valence-corrected chi connectivity index (χ1v) is 7.71. The van der Waals surface area contributed by atoms with Gasteiger partial charge in [0.1, 0.15) is 6.61 Å². The second-order valence-corrected chi connectivity index (χ2v) is 5.71. The van der Waals surface area contributed by atoms with Crippen molar-refractivity contribution in [1.29, 1.82) is 0 Å². The molecule has 0 aromatic heterocycles. The lowest BCUT2D eigenvalue weighted by atomic mass is 10.1. The fraction of sp³-hybridized carbons (Fsp3) is 0.235. The number of thioether (sulfide) groups is 1. The first-order chi connectivity index (χ1) is 9.68. The second-order valence-electron chi connectivity index (χ2n) is 4.61. The van der Waals surface area contributed by atoms with Crippen LogP contribution in [0.2, 0.25) is 0 Å². The number of carbonyl (C=O) groups excluding carboxylic acids is 1. The second kappa shape index (κ2) is 7.15. The fourth-order valence-electron chi connectivity index (χ4n) is 1.92. The zero-order chi connectivity index (χ0) is 14.4. The molecule has 0 unspecified atom stereocenters. The maximum atomic E-state index is 11.2. The minimum absolute atomic E-state index is 0.309. The number of hydrogen-bond donors (Lipinski definition) is 0. The van der Waals surface area contributed by atoms with E-state index >= 15 is 0 Å². The van der Waals surface area contributed by atoms with Crippen molar-refractivity contribution in [1.82, 2.24) is 0 Å². The summed E-state index contributed by atoms with van der Waals surface area (Å²) in [4.78, 5) is 11.2. The number of carbonyl (C=O) groups is 1. The summed E-state index contributed by atoms with van der Waals surface area (Å²) < 4.78 is 5.07. The van der Waals surface area contributed by atoms with E-state index in [2.05, 4.69) is 49.0 Å². The van der Waals surface area contributed by atoms with Gasteiger partial charge in [-0.1, -0.05) is 49.0 Å². The van der Waals surface area contributed by atoms with Crippen molar-refractivity contribution < 1.29 is 9.53 Å². The average Bonchev–Trinajstić information content (AvgIpc) is 2.46. The van der Waals surface area contributed by atoms with E-state index in [1.165, 1.54) is 16.3 Å². The summed E-state index contributed by atoms with van der Waals surface area (Å²) in [5.41, 5.74) is 1.77. The highest BCUT2D eigenvalue weighted by Crippen LogP contribution is 2.22. The highest BCUT2D eigenvalue weighted by Gasteiger charge is 2.03. The lowest BCUT2D eigenvalue weighted by molar-refractivity contribution is -0.138. The van der Waals surface area contributed by atoms with E-state index in [9.17, 15) is 4.79 Å². The predicted octanol–water partition coefficient (Wildman–Crippen LogP) is 4.19. The molecule has 0 aliphatic rings. The third kappa shape index (κ3) is 3.87. The fourth-order valence-corrected chi connectivity index (χ4v) is 2.73. The van der Waals surface area contributed by atoms with E-state index < -0.39 is 0 Å². The van der Waals surface area contributed by atoms with Crippen molar-refractivity contribution in [2.75, 3.05) is 12.4 Å². The number of fused-ring (bicyclic) bond motifs is 1. The highest BCUT2D eigenvalue weighted by atomic mass is 32.2. The Kier molecular flexibility index (Phi) is 5.24. The van der Waals surface area contributed by atoms with Crippen LogP contribution >= 0.6 is 11.8 Å². The van der Waals surface area contributed by atoms with Crippen LogP contribution in [0.3, 0.4) is 0 Å². The molecule has 0 fully saturated rings. The summed E-state index contributed by atoms with van der Waals surface area (Å²) in [6.45, 7) is 5.64. The van der Waals surface area contributed by atoms with Gasteiger partial charge in [0.2, 0.25) is 0 Å². The van der Waals surface area contributed by atoms with Crippen molar-refractivity contribution in [2.45, 2.75) is 12.7 Å². The van der Waals surface area contributed by atoms with Crippen molar-refractivity contribution in [3.8, 4) is 0 Å². The van der Waals surface area contributed by atoms with Crippen molar-refractivity contribution in [3.63, 3.8) is 0 Å². The summed E-state index contributed by atoms with van der Waals surface area (Å²) in [7, 11) is 0. The average molecular weight is 286 g/mol. The molecule has 3 heteroatoms.